The lowest BCUT2D eigenvalue weighted by molar-refractivity contribution is 0.0594. The Balaban J connectivity index is 1.25. The van der Waals surface area contributed by atoms with Gasteiger partial charge < -0.3 is 90.4 Å². The third-order valence-electron chi connectivity index (χ3n) is 14.1. The first-order valence-electron chi connectivity index (χ1n) is 26.6. The van der Waals surface area contributed by atoms with Gasteiger partial charge in [0.2, 0.25) is 0 Å². The molecule has 6 aromatic carbocycles. The smallest absolute Gasteiger partial charge is 0.487 e. The van der Waals surface area contributed by atoms with Crippen molar-refractivity contribution in [2.45, 2.75) is 44.6 Å². The van der Waals surface area contributed by atoms with Crippen LogP contribution in [0.25, 0.3) is 0 Å². The molecule has 450 valence electrons. The summed E-state index contributed by atoms with van der Waals surface area (Å²) in [5.74, 6) is -0.0902. The molecular weight excluding hydrogens is 1130 g/mol. The van der Waals surface area contributed by atoms with Gasteiger partial charge in [-0.15, -0.1) is 0 Å². The summed E-state index contributed by atoms with van der Waals surface area (Å²) in [7, 11) is 6.85. The molecule has 6 aromatic rings. The number of ether oxygens (including phenoxy) is 18. The number of rotatable bonds is 6. The highest BCUT2D eigenvalue weighted by Gasteiger charge is 2.29. The normalized spacial score (nSPS) is 14.0. The van der Waals surface area contributed by atoms with Gasteiger partial charge in [0.05, 0.1) is 42.7 Å². The highest BCUT2D eigenvalue weighted by molar-refractivity contribution is 5.71. The predicted molar refractivity (Wildman–Crippen MR) is 293 cm³/mol. The van der Waals surface area contributed by atoms with Crippen molar-refractivity contribution in [1.29, 1.82) is 0 Å². The minimum Gasteiger partial charge on any atom is -0.487 e. The second-order valence-electron chi connectivity index (χ2n) is 19.5. The fraction of sp³-hybridized carbons (Fsp3) is 0.311. The van der Waals surface area contributed by atoms with Gasteiger partial charge in [-0.1, -0.05) is 0 Å². The largest absolute Gasteiger partial charge is 0.513 e. The van der Waals surface area contributed by atoms with E-state index in [-0.39, 0.29) is 134 Å². The highest BCUT2D eigenvalue weighted by atomic mass is 16.8. The molecule has 0 radical (unpaired) electrons. The van der Waals surface area contributed by atoms with Crippen LogP contribution in [0.5, 0.6) is 69.0 Å². The molecule has 25 heteroatoms. The lowest BCUT2D eigenvalue weighted by Gasteiger charge is -2.20. The molecule has 86 heavy (non-hydrogen) atoms. The summed E-state index contributed by atoms with van der Waals surface area (Å²) in [4.78, 5) is 77.9. The zero-order chi connectivity index (χ0) is 60.6. The molecule has 0 amide bonds. The van der Waals surface area contributed by atoms with Gasteiger partial charge in [-0.25, -0.2) is 28.8 Å². The van der Waals surface area contributed by atoms with Crippen molar-refractivity contribution >= 4 is 36.9 Å². The number of hydrogen-bond donors (Lipinski definition) is 1. The maximum absolute atomic E-state index is 13.0. The van der Waals surface area contributed by atoms with E-state index in [4.69, 9.17) is 85.3 Å². The summed E-state index contributed by atoms with van der Waals surface area (Å²) >= 11 is 0. The van der Waals surface area contributed by atoms with Crippen LogP contribution in [0.4, 0.5) is 28.8 Å². The Labute approximate surface area is 490 Å². The lowest BCUT2D eigenvalue weighted by Crippen LogP contribution is -2.25. The number of aliphatic hydroxyl groups is 1. The number of carbonyl (C=O) groups excluding carboxylic acids is 6. The van der Waals surface area contributed by atoms with Crippen LogP contribution in [-0.4, -0.2) is 130 Å². The van der Waals surface area contributed by atoms with Crippen LogP contribution < -0.4 is 56.8 Å². The topological polar surface area (TPSA) is 289 Å². The second-order valence-corrected chi connectivity index (χ2v) is 19.5. The van der Waals surface area contributed by atoms with Gasteiger partial charge in [-0.2, -0.15) is 0 Å². The molecule has 1 N–H and O–H groups in total. The van der Waals surface area contributed by atoms with E-state index in [9.17, 15) is 33.9 Å². The average Bonchev–Trinajstić information content (AvgIpc) is 2.10. The molecule has 12 aliphatic heterocycles. The maximum atomic E-state index is 13.0. The number of benzene rings is 6. The van der Waals surface area contributed by atoms with Crippen molar-refractivity contribution in [3.63, 3.8) is 0 Å². The molecule has 0 fully saturated rings. The highest BCUT2D eigenvalue weighted by Crippen LogP contribution is 2.45. The Morgan fingerprint density at radius 2 is 0.453 bits per heavy atom. The molecule has 14 aliphatic rings. The van der Waals surface area contributed by atoms with E-state index >= 15 is 0 Å². The minimum absolute atomic E-state index is 0.00519. The van der Waals surface area contributed by atoms with Crippen LogP contribution in [0.1, 0.15) is 66.8 Å². The third kappa shape index (κ3) is 13.5. The quantitative estimate of drug-likeness (QED) is 0.0922. The summed E-state index contributed by atoms with van der Waals surface area (Å²) in [6.45, 7) is -1.74. The van der Waals surface area contributed by atoms with Gasteiger partial charge in [0.15, 0.2) is 69.0 Å². The van der Waals surface area contributed by atoms with E-state index in [1.807, 2.05) is 0 Å². The first kappa shape index (κ1) is 58.9. The van der Waals surface area contributed by atoms with Gasteiger partial charge in [-0.05, 0) is 178 Å². The Bertz CT molecular complexity index is 3400. The Morgan fingerprint density at radius 1 is 0.291 bits per heavy atom. The first-order chi connectivity index (χ1) is 41.6. The van der Waals surface area contributed by atoms with Crippen LogP contribution in [0.3, 0.4) is 0 Å². The Hall–Kier alpha value is -10.3. The summed E-state index contributed by atoms with van der Waals surface area (Å²) in [5.41, 5.74) is 7.12. The molecule has 20 rings (SSSR count). The fourth-order valence-corrected chi connectivity index (χ4v) is 10.0. The standard InChI is InChI=1S/C61H56O25/c1-69-56(63)81-50-23-37-11-31-17-44-52(83-58(65)71-3)25-39(31)15-35-21-48-54(85-60(67)73-5)27-41(35)13-33(37)19-46(50)77-9-7-75-45-18-32-12-38-24-51(82-57(64)70-2)47(78-10-8-76-44)20-34(38)14-42-28-55(86-61(68)74-6)49(80-30-43(62)29-79-48)22-36(42)16-40(32)26-53(45)84-59(66)72-4/h17-28,43,62H,7-16,29-30H2,1-6H3. The first-order valence-corrected chi connectivity index (χ1v) is 26.6. The summed E-state index contributed by atoms with van der Waals surface area (Å²) in [6, 6.07) is 19.5. The van der Waals surface area contributed by atoms with Gasteiger partial charge in [0.25, 0.3) is 0 Å². The lowest BCUT2D eigenvalue weighted by atomic mass is 9.94. The SMILES string of the molecule is COC(=O)Oc1cc2c3cc1OCCOc1cc4c(cc1OC(=O)OC)Cc1cc5c(OC(=O)OC)cc1Cc1cc(c(OC(=O)OC)cc1C4)OCCOc1cc(c(cc1OC(=O)OC)Cc1cc(c(OC(=O)OC)cc1C3)OCC(O)CO5)C2. The fourth-order valence-electron chi connectivity index (χ4n) is 10.0. The van der Waals surface area contributed by atoms with E-state index < -0.39 is 56.2 Å². The molecule has 25 nitrogen and oxygen atoms in total. The van der Waals surface area contributed by atoms with Crippen molar-refractivity contribution in [1.82, 2.24) is 0 Å². The van der Waals surface area contributed by atoms with Gasteiger partial charge in [0, 0.05) is 0 Å². The van der Waals surface area contributed by atoms with Gasteiger partial charge >= 0.3 is 36.9 Å². The van der Waals surface area contributed by atoms with E-state index in [1.54, 1.807) is 72.8 Å². The van der Waals surface area contributed by atoms with E-state index in [2.05, 4.69) is 0 Å². The Kier molecular flexibility index (Phi) is 17.9. The molecule has 0 saturated carbocycles. The third-order valence-corrected chi connectivity index (χ3v) is 14.1. The van der Waals surface area contributed by atoms with Crippen molar-refractivity contribution in [3.8, 4) is 69.0 Å². The number of hydrogen-bond acceptors (Lipinski definition) is 25. The molecule has 18 bridgehead atoms. The van der Waals surface area contributed by atoms with Crippen LogP contribution in [0, 0.1) is 0 Å². The molecule has 0 spiro atoms. The molecule has 0 atom stereocenters. The molecule has 12 heterocycles. The van der Waals surface area contributed by atoms with Crippen LogP contribution in [-0.2, 0) is 66.9 Å². The van der Waals surface area contributed by atoms with Crippen molar-refractivity contribution in [2.24, 2.45) is 0 Å². The zero-order valence-electron chi connectivity index (χ0n) is 47.2. The number of aliphatic hydroxyl groups excluding tert-OH is 1. The molecule has 0 unspecified atom stereocenters. The number of methoxy groups -OCH3 is 6. The monoisotopic (exact) mass is 1190 g/mol. The van der Waals surface area contributed by atoms with Gasteiger partial charge in [-0.3, -0.25) is 0 Å². The van der Waals surface area contributed by atoms with Crippen molar-refractivity contribution < 1.29 is 119 Å². The van der Waals surface area contributed by atoms with Crippen LogP contribution in [0.15, 0.2) is 72.8 Å². The molecule has 0 aromatic heterocycles. The van der Waals surface area contributed by atoms with Crippen LogP contribution in [0.2, 0.25) is 0 Å². The molecule has 0 saturated heterocycles. The van der Waals surface area contributed by atoms with E-state index in [0.717, 1.165) is 42.7 Å². The van der Waals surface area contributed by atoms with E-state index in [0.29, 0.717) is 66.8 Å². The summed E-state index contributed by atoms with van der Waals surface area (Å²) in [5, 5.41) is 11.7. The summed E-state index contributed by atoms with van der Waals surface area (Å²) in [6.07, 6.45) is -7.20. The van der Waals surface area contributed by atoms with Crippen molar-refractivity contribution in [3.05, 3.63) is 140 Å². The Morgan fingerprint density at radius 3 is 0.628 bits per heavy atom. The molecular formula is C61H56O25. The molecule has 2 aliphatic carbocycles. The van der Waals surface area contributed by atoms with E-state index in [1.165, 1.54) is 0 Å². The summed E-state index contributed by atoms with van der Waals surface area (Å²) < 4.78 is 102. The van der Waals surface area contributed by atoms with Crippen LogP contribution >= 0.6 is 0 Å². The second kappa shape index (κ2) is 26.1. The zero-order valence-corrected chi connectivity index (χ0v) is 47.2. The van der Waals surface area contributed by atoms with Gasteiger partial charge in [0.1, 0.15) is 45.7 Å². The van der Waals surface area contributed by atoms with Crippen molar-refractivity contribution in [2.75, 3.05) is 82.3 Å². The average molecular weight is 1190 g/mol. The maximum Gasteiger partial charge on any atom is 0.513 e. The number of carbonyl (C=O) groups is 6. The predicted octanol–water partition coefficient (Wildman–Crippen LogP) is 9.09. The minimum atomic E-state index is -1.42.